The summed E-state index contributed by atoms with van der Waals surface area (Å²) in [5.74, 6) is 0.772. The zero-order valence-electron chi connectivity index (χ0n) is 23.4. The molecular weight excluding hydrogens is 711 g/mol. The fourth-order valence-electron chi connectivity index (χ4n) is 5.14. The monoisotopic (exact) mass is 736 g/mol. The molecule has 0 aliphatic heterocycles. The number of aryl methyl sites for hydroxylation is 2. The van der Waals surface area contributed by atoms with E-state index in [9.17, 15) is 0 Å². The molecule has 211 valence electrons. The van der Waals surface area contributed by atoms with E-state index in [2.05, 4.69) is 56.8 Å². The van der Waals surface area contributed by atoms with Gasteiger partial charge < -0.3 is 14.0 Å². The second-order valence-corrected chi connectivity index (χ2v) is 9.92. The number of para-hydroxylation sites is 1. The molecule has 0 aliphatic rings. The quantitative estimate of drug-likeness (QED) is 0.171. The van der Waals surface area contributed by atoms with E-state index in [1.807, 2.05) is 92.0 Å². The minimum absolute atomic E-state index is 0. The smallest absolute Gasteiger partial charge is 0.216 e. The van der Waals surface area contributed by atoms with E-state index in [1.54, 1.807) is 12.4 Å². The van der Waals surface area contributed by atoms with Crippen LogP contribution in [0.5, 0.6) is 0 Å². The van der Waals surface area contributed by atoms with Crippen molar-refractivity contribution >= 4 is 33.1 Å². The van der Waals surface area contributed by atoms with Crippen molar-refractivity contribution in [1.82, 2.24) is 24.5 Å². The van der Waals surface area contributed by atoms with Crippen LogP contribution in [0.4, 0.5) is 0 Å². The maximum absolute atomic E-state index is 6.22. The number of nitrogens with zero attached hydrogens (tertiary/aromatic N) is 5. The van der Waals surface area contributed by atoms with E-state index in [0.29, 0.717) is 5.71 Å². The Morgan fingerprint density at radius 1 is 0.744 bits per heavy atom. The van der Waals surface area contributed by atoms with Crippen LogP contribution in [-0.4, -0.2) is 24.5 Å². The van der Waals surface area contributed by atoms with E-state index >= 15 is 0 Å². The molecule has 0 aliphatic carbocycles. The van der Waals surface area contributed by atoms with E-state index in [1.165, 1.54) is 0 Å². The predicted octanol–water partition coefficient (Wildman–Crippen LogP) is 8.35. The zero-order chi connectivity index (χ0) is 28.5. The molecule has 0 N–H and O–H groups in total. The third-order valence-corrected chi connectivity index (χ3v) is 7.07. The second kappa shape index (κ2) is 12.1. The molecule has 0 amide bonds. The molecule has 0 bridgehead atoms. The van der Waals surface area contributed by atoms with Gasteiger partial charge in [0.15, 0.2) is 0 Å². The fourth-order valence-corrected chi connectivity index (χ4v) is 5.14. The minimum atomic E-state index is 0. The maximum atomic E-state index is 6.22. The van der Waals surface area contributed by atoms with Gasteiger partial charge >= 0.3 is 0 Å². The van der Waals surface area contributed by atoms with Crippen molar-refractivity contribution in [3.63, 3.8) is 0 Å². The molecular formula is C36H25IrN5O-2. The van der Waals surface area contributed by atoms with Crippen molar-refractivity contribution in [3.8, 4) is 28.3 Å². The first-order valence-corrected chi connectivity index (χ1v) is 13.6. The molecule has 5 heterocycles. The molecule has 1 radical (unpaired) electrons. The van der Waals surface area contributed by atoms with Gasteiger partial charge in [0.05, 0.1) is 28.6 Å². The number of fused-ring (bicyclic) bond motifs is 4. The molecule has 3 aromatic carbocycles. The van der Waals surface area contributed by atoms with Crippen LogP contribution >= 0.6 is 0 Å². The van der Waals surface area contributed by atoms with Crippen molar-refractivity contribution in [2.45, 2.75) is 13.8 Å². The molecule has 0 saturated heterocycles. The van der Waals surface area contributed by atoms with Crippen molar-refractivity contribution in [2.75, 3.05) is 0 Å². The van der Waals surface area contributed by atoms with E-state index in [-0.39, 0.29) is 20.1 Å². The van der Waals surface area contributed by atoms with Crippen LogP contribution in [0.2, 0.25) is 0 Å². The molecule has 6 nitrogen and oxygen atoms in total. The molecule has 7 heteroatoms. The number of hydrogen-bond acceptors (Lipinski definition) is 5. The van der Waals surface area contributed by atoms with Crippen LogP contribution < -0.4 is 0 Å². The average molecular weight is 736 g/mol. The van der Waals surface area contributed by atoms with Gasteiger partial charge in [0.2, 0.25) is 5.71 Å². The number of rotatable bonds is 3. The third-order valence-electron chi connectivity index (χ3n) is 7.07. The zero-order valence-corrected chi connectivity index (χ0v) is 25.8. The summed E-state index contributed by atoms with van der Waals surface area (Å²) in [6.07, 6.45) is 5.45. The first-order valence-electron chi connectivity index (χ1n) is 13.6. The van der Waals surface area contributed by atoms with Gasteiger partial charge in [0, 0.05) is 49.3 Å². The molecule has 0 saturated carbocycles. The summed E-state index contributed by atoms with van der Waals surface area (Å²) in [6, 6.07) is 38.4. The summed E-state index contributed by atoms with van der Waals surface area (Å²) in [6.45, 7) is 4.02. The molecule has 0 unspecified atom stereocenters. The van der Waals surface area contributed by atoms with Crippen LogP contribution in [0, 0.1) is 26.0 Å². The van der Waals surface area contributed by atoms with Gasteiger partial charge in [-0.2, -0.15) is 0 Å². The fraction of sp³-hybridized carbons (Fsp3) is 0.0556. The standard InChI is InChI=1S/C25H17N4O.C11H8N.Ir/c1-15-13-26-14-21-22(15)29(17-7-4-3-5-8-17)24(28-21)20-10-6-9-18-19-12-11-16(2)27-25(19)30-23(18)20;1-2-6-10(7-3-1)11-8-4-5-9-12-11;/h3-9,11-14H,1-2H3;1-6,8-9H;/q2*-1;. The van der Waals surface area contributed by atoms with Crippen LogP contribution in [0.25, 0.3) is 61.4 Å². The van der Waals surface area contributed by atoms with Gasteiger partial charge in [0.1, 0.15) is 0 Å². The number of hydrogen-bond donors (Lipinski definition) is 0. The number of benzene rings is 3. The first-order chi connectivity index (χ1) is 20.7. The van der Waals surface area contributed by atoms with Crippen molar-refractivity contribution in [2.24, 2.45) is 0 Å². The van der Waals surface area contributed by atoms with E-state index < -0.39 is 0 Å². The Bertz CT molecular complexity index is 2120. The Morgan fingerprint density at radius 3 is 2.37 bits per heavy atom. The van der Waals surface area contributed by atoms with Crippen LogP contribution in [0.15, 0.2) is 120 Å². The van der Waals surface area contributed by atoms with Gasteiger partial charge in [-0.25, -0.2) is 4.98 Å². The Balaban J connectivity index is 0.000000213. The van der Waals surface area contributed by atoms with Gasteiger partial charge in [-0.3, -0.25) is 9.97 Å². The summed E-state index contributed by atoms with van der Waals surface area (Å²) >= 11 is 0. The summed E-state index contributed by atoms with van der Waals surface area (Å²) in [5, 5.41) is 2.00. The number of aromatic nitrogens is 5. The summed E-state index contributed by atoms with van der Waals surface area (Å²) < 4.78 is 8.38. The molecule has 5 aromatic heterocycles. The normalized spacial score (nSPS) is 10.8. The molecule has 8 rings (SSSR count). The molecule has 43 heavy (non-hydrogen) atoms. The van der Waals surface area contributed by atoms with Gasteiger partial charge in [-0.05, 0) is 55.4 Å². The summed E-state index contributed by atoms with van der Waals surface area (Å²) in [4.78, 5) is 18.1. The Morgan fingerprint density at radius 2 is 1.58 bits per heavy atom. The molecule has 8 aromatic rings. The first kappa shape index (κ1) is 28.2. The summed E-state index contributed by atoms with van der Waals surface area (Å²) in [7, 11) is 0. The Hall–Kier alpha value is -4.97. The second-order valence-electron chi connectivity index (χ2n) is 9.92. The molecule has 0 fully saturated rings. The van der Waals surface area contributed by atoms with E-state index in [4.69, 9.17) is 9.40 Å². The predicted molar refractivity (Wildman–Crippen MR) is 166 cm³/mol. The van der Waals surface area contributed by atoms with Crippen LogP contribution in [0.1, 0.15) is 11.3 Å². The average Bonchev–Trinajstić information content (AvgIpc) is 3.62. The van der Waals surface area contributed by atoms with Gasteiger partial charge in [-0.15, -0.1) is 54.1 Å². The minimum Gasteiger partial charge on any atom is -0.486 e. The SMILES string of the molecule is Cc1ccc2c(n1)oc1c(-c3nc4cncc(C)c4n3-c3ccccc3)[c-]ccc12.[Ir].[c-]1ccccc1-c1ccccn1. The maximum Gasteiger partial charge on any atom is 0.216 e. The van der Waals surface area contributed by atoms with Gasteiger partial charge in [0.25, 0.3) is 0 Å². The van der Waals surface area contributed by atoms with Crippen molar-refractivity contribution in [1.29, 1.82) is 0 Å². The molecule has 0 atom stereocenters. The van der Waals surface area contributed by atoms with Crippen LogP contribution in [-0.2, 0) is 20.1 Å². The topological polar surface area (TPSA) is 69.6 Å². The van der Waals surface area contributed by atoms with Crippen molar-refractivity contribution in [3.05, 3.63) is 139 Å². The Kier molecular flexibility index (Phi) is 7.92. The number of furan rings is 1. The van der Waals surface area contributed by atoms with Gasteiger partial charge in [-0.1, -0.05) is 41.3 Å². The third kappa shape index (κ3) is 5.36. The van der Waals surface area contributed by atoms with E-state index in [0.717, 1.165) is 67.0 Å². The largest absolute Gasteiger partial charge is 0.486 e. The summed E-state index contributed by atoms with van der Waals surface area (Å²) in [5.41, 5.74) is 9.06. The van der Waals surface area contributed by atoms with Crippen molar-refractivity contribution < 1.29 is 24.5 Å². The molecule has 0 spiro atoms. The van der Waals surface area contributed by atoms with Crippen LogP contribution in [0.3, 0.4) is 0 Å². The number of pyridine rings is 3. The Labute approximate surface area is 262 Å². The number of imidazole rings is 1.